The highest BCUT2D eigenvalue weighted by atomic mass is 35.5. The minimum atomic E-state index is -0.606. The Labute approximate surface area is 135 Å². The maximum atomic E-state index is 13.8. The van der Waals surface area contributed by atoms with Crippen molar-refractivity contribution >= 4 is 45.7 Å². The number of hydrogen-bond donors (Lipinski definition) is 1. The highest BCUT2D eigenvalue weighted by Gasteiger charge is 2.14. The van der Waals surface area contributed by atoms with Crippen molar-refractivity contribution in [3.8, 4) is 0 Å². The minimum absolute atomic E-state index is 0.0476. The molecule has 3 rings (SSSR count). The standard InChI is InChI=1S/C16H9Cl2FN2O/c17-9-5-6-14(12(19)7-9)21-16(22)11-8-15(18)20-13-4-2-1-3-10(11)13/h1-8H,(H,21,22). The van der Waals surface area contributed by atoms with Gasteiger partial charge >= 0.3 is 0 Å². The quantitative estimate of drug-likeness (QED) is 0.675. The molecule has 1 N–H and O–H groups in total. The molecular weight excluding hydrogens is 326 g/mol. The Hall–Kier alpha value is -2.17. The van der Waals surface area contributed by atoms with Crippen LogP contribution in [0.5, 0.6) is 0 Å². The second kappa shape index (κ2) is 5.91. The molecule has 0 radical (unpaired) electrons. The molecule has 0 aliphatic heterocycles. The molecule has 1 aromatic heterocycles. The molecule has 110 valence electrons. The number of pyridine rings is 1. The first kappa shape index (κ1) is 14.8. The van der Waals surface area contributed by atoms with Gasteiger partial charge in [-0.15, -0.1) is 0 Å². The molecule has 1 amide bonds. The number of para-hydroxylation sites is 1. The number of hydrogen-bond acceptors (Lipinski definition) is 2. The van der Waals surface area contributed by atoms with Crippen LogP contribution in [-0.2, 0) is 0 Å². The van der Waals surface area contributed by atoms with E-state index in [2.05, 4.69) is 10.3 Å². The first-order valence-electron chi connectivity index (χ1n) is 6.36. The first-order valence-corrected chi connectivity index (χ1v) is 7.12. The van der Waals surface area contributed by atoms with Gasteiger partial charge in [-0.25, -0.2) is 9.37 Å². The van der Waals surface area contributed by atoms with Crippen molar-refractivity contribution in [1.29, 1.82) is 0 Å². The van der Waals surface area contributed by atoms with E-state index in [-0.39, 0.29) is 15.9 Å². The van der Waals surface area contributed by atoms with E-state index in [1.54, 1.807) is 24.3 Å². The number of carbonyl (C=O) groups is 1. The zero-order valence-electron chi connectivity index (χ0n) is 11.1. The molecule has 6 heteroatoms. The van der Waals surface area contributed by atoms with Gasteiger partial charge in [0.15, 0.2) is 0 Å². The van der Waals surface area contributed by atoms with Gasteiger partial charge in [0.1, 0.15) is 11.0 Å². The number of fused-ring (bicyclic) bond motifs is 1. The Balaban J connectivity index is 2.02. The van der Waals surface area contributed by atoms with Gasteiger partial charge in [-0.1, -0.05) is 41.4 Å². The number of anilines is 1. The summed E-state index contributed by atoms with van der Waals surface area (Å²) in [6, 6.07) is 12.6. The van der Waals surface area contributed by atoms with Crippen LogP contribution in [0.1, 0.15) is 10.4 Å². The number of nitrogens with one attached hydrogen (secondary N) is 1. The molecule has 0 fully saturated rings. The van der Waals surface area contributed by atoms with Gasteiger partial charge in [-0.3, -0.25) is 4.79 Å². The van der Waals surface area contributed by atoms with Crippen molar-refractivity contribution < 1.29 is 9.18 Å². The molecule has 0 saturated heterocycles. The van der Waals surface area contributed by atoms with Gasteiger partial charge in [-0.05, 0) is 30.3 Å². The van der Waals surface area contributed by atoms with Crippen LogP contribution in [0.4, 0.5) is 10.1 Å². The van der Waals surface area contributed by atoms with Crippen LogP contribution in [0.2, 0.25) is 10.2 Å². The fourth-order valence-corrected chi connectivity index (χ4v) is 2.47. The summed E-state index contributed by atoms with van der Waals surface area (Å²) in [7, 11) is 0. The summed E-state index contributed by atoms with van der Waals surface area (Å²) in [5.41, 5.74) is 0.966. The SMILES string of the molecule is O=C(Nc1ccc(Cl)cc1F)c1cc(Cl)nc2ccccc12. The predicted molar refractivity (Wildman–Crippen MR) is 86.1 cm³/mol. The van der Waals surface area contributed by atoms with Gasteiger partial charge in [0.25, 0.3) is 5.91 Å². The van der Waals surface area contributed by atoms with Crippen LogP contribution in [0.25, 0.3) is 10.9 Å². The summed E-state index contributed by atoms with van der Waals surface area (Å²) in [4.78, 5) is 16.6. The number of halogens is 3. The normalized spacial score (nSPS) is 10.7. The van der Waals surface area contributed by atoms with Crippen molar-refractivity contribution in [2.24, 2.45) is 0 Å². The van der Waals surface area contributed by atoms with E-state index >= 15 is 0 Å². The summed E-state index contributed by atoms with van der Waals surface area (Å²) in [5.74, 6) is -1.08. The summed E-state index contributed by atoms with van der Waals surface area (Å²) in [5, 5.41) is 3.60. The molecule has 1 heterocycles. The van der Waals surface area contributed by atoms with E-state index in [0.717, 1.165) is 6.07 Å². The van der Waals surface area contributed by atoms with Crippen molar-refractivity contribution in [2.45, 2.75) is 0 Å². The molecule has 0 bridgehead atoms. The van der Waals surface area contributed by atoms with Gasteiger partial charge < -0.3 is 5.32 Å². The predicted octanol–water partition coefficient (Wildman–Crippen LogP) is 4.93. The van der Waals surface area contributed by atoms with E-state index in [4.69, 9.17) is 23.2 Å². The lowest BCUT2D eigenvalue weighted by Crippen LogP contribution is -2.13. The molecular formula is C16H9Cl2FN2O. The van der Waals surface area contributed by atoms with E-state index < -0.39 is 11.7 Å². The number of carbonyl (C=O) groups excluding carboxylic acids is 1. The topological polar surface area (TPSA) is 42.0 Å². The van der Waals surface area contributed by atoms with E-state index in [1.165, 1.54) is 18.2 Å². The molecule has 3 aromatic rings. The van der Waals surface area contributed by atoms with Gasteiger partial charge in [0.2, 0.25) is 0 Å². The first-order chi connectivity index (χ1) is 10.5. The van der Waals surface area contributed by atoms with Crippen LogP contribution < -0.4 is 5.32 Å². The summed E-state index contributed by atoms with van der Waals surface area (Å²) < 4.78 is 13.8. The molecule has 0 unspecified atom stereocenters. The number of rotatable bonds is 2. The molecule has 0 atom stereocenters. The van der Waals surface area contributed by atoms with Crippen molar-refractivity contribution in [3.63, 3.8) is 0 Å². The number of nitrogens with zero attached hydrogens (tertiary/aromatic N) is 1. The maximum absolute atomic E-state index is 13.8. The van der Waals surface area contributed by atoms with Crippen LogP contribution in [0, 0.1) is 5.82 Å². The fourth-order valence-electron chi connectivity index (χ4n) is 2.11. The molecule has 2 aromatic carbocycles. The van der Waals surface area contributed by atoms with Crippen molar-refractivity contribution in [1.82, 2.24) is 4.98 Å². The second-order valence-electron chi connectivity index (χ2n) is 4.59. The van der Waals surface area contributed by atoms with E-state index in [0.29, 0.717) is 16.5 Å². The zero-order chi connectivity index (χ0) is 15.7. The molecule has 0 spiro atoms. The van der Waals surface area contributed by atoms with E-state index in [1.807, 2.05) is 0 Å². The van der Waals surface area contributed by atoms with Crippen molar-refractivity contribution in [3.05, 3.63) is 70.1 Å². The van der Waals surface area contributed by atoms with Crippen LogP contribution >= 0.6 is 23.2 Å². The molecule has 0 saturated carbocycles. The Kier molecular flexibility index (Phi) is 3.96. The maximum Gasteiger partial charge on any atom is 0.256 e. The Morgan fingerprint density at radius 3 is 2.64 bits per heavy atom. The number of aromatic nitrogens is 1. The zero-order valence-corrected chi connectivity index (χ0v) is 12.6. The highest BCUT2D eigenvalue weighted by Crippen LogP contribution is 2.24. The fraction of sp³-hybridized carbons (Fsp3) is 0. The minimum Gasteiger partial charge on any atom is -0.319 e. The monoisotopic (exact) mass is 334 g/mol. The average Bonchev–Trinajstić information content (AvgIpc) is 2.49. The van der Waals surface area contributed by atoms with Crippen LogP contribution in [0.15, 0.2) is 48.5 Å². The lowest BCUT2D eigenvalue weighted by Gasteiger charge is -2.09. The Morgan fingerprint density at radius 2 is 1.86 bits per heavy atom. The van der Waals surface area contributed by atoms with Gasteiger partial charge in [0.05, 0.1) is 16.8 Å². The summed E-state index contributed by atoms with van der Waals surface area (Å²) in [6.45, 7) is 0. The third kappa shape index (κ3) is 2.89. The van der Waals surface area contributed by atoms with Crippen LogP contribution in [-0.4, -0.2) is 10.9 Å². The largest absolute Gasteiger partial charge is 0.319 e. The summed E-state index contributed by atoms with van der Waals surface area (Å²) in [6.07, 6.45) is 0. The third-order valence-corrected chi connectivity index (χ3v) is 3.54. The van der Waals surface area contributed by atoms with Crippen LogP contribution in [0.3, 0.4) is 0 Å². The van der Waals surface area contributed by atoms with Gasteiger partial charge in [-0.2, -0.15) is 0 Å². The third-order valence-electron chi connectivity index (χ3n) is 3.11. The van der Waals surface area contributed by atoms with Gasteiger partial charge in [0, 0.05) is 10.4 Å². The lowest BCUT2D eigenvalue weighted by molar-refractivity contribution is 0.102. The molecule has 0 aliphatic carbocycles. The highest BCUT2D eigenvalue weighted by molar-refractivity contribution is 6.31. The lowest BCUT2D eigenvalue weighted by atomic mass is 10.1. The van der Waals surface area contributed by atoms with Crippen molar-refractivity contribution in [2.75, 3.05) is 5.32 Å². The smallest absolute Gasteiger partial charge is 0.256 e. The molecule has 22 heavy (non-hydrogen) atoms. The number of amides is 1. The Morgan fingerprint density at radius 1 is 1.09 bits per heavy atom. The molecule has 3 nitrogen and oxygen atoms in total. The Bertz CT molecular complexity index is 883. The average molecular weight is 335 g/mol. The second-order valence-corrected chi connectivity index (χ2v) is 5.41. The summed E-state index contributed by atoms with van der Waals surface area (Å²) >= 11 is 11.6. The molecule has 0 aliphatic rings. The number of benzene rings is 2. The van der Waals surface area contributed by atoms with E-state index in [9.17, 15) is 9.18 Å².